The first-order valence-electron chi connectivity index (χ1n) is 8.10. The molecule has 1 aliphatic heterocycles. The molecular formula is C18H20FN3O3. The van der Waals surface area contributed by atoms with Gasteiger partial charge in [0, 0.05) is 43.4 Å². The number of hydrogen-bond acceptors (Lipinski definition) is 5. The second-order valence-electron chi connectivity index (χ2n) is 5.96. The van der Waals surface area contributed by atoms with Gasteiger partial charge in [-0.1, -0.05) is 18.2 Å². The van der Waals surface area contributed by atoms with Gasteiger partial charge in [-0.05, 0) is 18.2 Å². The van der Waals surface area contributed by atoms with Gasteiger partial charge in [-0.15, -0.1) is 0 Å². The maximum absolute atomic E-state index is 13.6. The first-order chi connectivity index (χ1) is 12.1. The predicted octanol–water partition coefficient (Wildman–Crippen LogP) is 2.89. The minimum atomic E-state index is -0.468. The van der Waals surface area contributed by atoms with Crippen LogP contribution in [0.2, 0.25) is 0 Å². The molecule has 1 saturated heterocycles. The van der Waals surface area contributed by atoms with E-state index in [9.17, 15) is 14.5 Å². The van der Waals surface area contributed by atoms with Crippen molar-refractivity contribution >= 4 is 5.69 Å². The number of hydrogen-bond donors (Lipinski definition) is 1. The van der Waals surface area contributed by atoms with Gasteiger partial charge in [0.1, 0.15) is 11.6 Å². The Morgan fingerprint density at radius 2 is 2.16 bits per heavy atom. The Hall–Kier alpha value is -2.51. The lowest BCUT2D eigenvalue weighted by Crippen LogP contribution is -2.45. The molecule has 1 unspecified atom stereocenters. The lowest BCUT2D eigenvalue weighted by atomic mass is 10.0. The Kier molecular flexibility index (Phi) is 5.25. The number of rotatable bonds is 5. The minimum absolute atomic E-state index is 0.00669. The van der Waals surface area contributed by atoms with Crippen LogP contribution >= 0.6 is 0 Å². The molecule has 1 N–H and O–H groups in total. The molecule has 6 nitrogen and oxygen atoms in total. The number of benzene rings is 2. The van der Waals surface area contributed by atoms with E-state index in [0.29, 0.717) is 25.2 Å². The Labute approximate surface area is 145 Å². The van der Waals surface area contributed by atoms with Crippen LogP contribution in [0.3, 0.4) is 0 Å². The number of piperazine rings is 1. The standard InChI is InChI=1S/C18H20FN3O3/c1-25-18-5-3-2-4-15(18)17-11-20-8-9-21(17)12-13-10-14(19)6-7-16(13)22(23)24/h2-7,10,17,20H,8-9,11-12H2,1H3. The molecule has 1 aliphatic rings. The van der Waals surface area contributed by atoms with Crippen LogP contribution in [0, 0.1) is 15.9 Å². The van der Waals surface area contributed by atoms with Crippen molar-refractivity contribution in [1.82, 2.24) is 10.2 Å². The van der Waals surface area contributed by atoms with Crippen LogP contribution in [0.4, 0.5) is 10.1 Å². The molecule has 0 saturated carbocycles. The SMILES string of the molecule is COc1ccccc1C1CNCCN1Cc1cc(F)ccc1[N+](=O)[O-]. The first-order valence-corrected chi connectivity index (χ1v) is 8.10. The van der Waals surface area contributed by atoms with Crippen molar-refractivity contribution in [3.05, 3.63) is 69.5 Å². The Morgan fingerprint density at radius 1 is 1.36 bits per heavy atom. The second-order valence-corrected chi connectivity index (χ2v) is 5.96. The summed E-state index contributed by atoms with van der Waals surface area (Å²) in [6.45, 7) is 2.48. The molecule has 132 valence electrons. The van der Waals surface area contributed by atoms with Crippen LogP contribution in [0.15, 0.2) is 42.5 Å². The van der Waals surface area contributed by atoms with Crippen molar-refractivity contribution in [3.8, 4) is 5.75 Å². The van der Waals surface area contributed by atoms with E-state index in [0.717, 1.165) is 23.9 Å². The van der Waals surface area contributed by atoms with Crippen LogP contribution in [-0.4, -0.2) is 36.6 Å². The number of methoxy groups -OCH3 is 1. The Morgan fingerprint density at radius 3 is 2.92 bits per heavy atom. The van der Waals surface area contributed by atoms with Gasteiger partial charge in [0.25, 0.3) is 5.69 Å². The molecule has 0 bridgehead atoms. The molecule has 2 aromatic rings. The normalized spacial score (nSPS) is 18.1. The molecule has 0 aromatic heterocycles. The predicted molar refractivity (Wildman–Crippen MR) is 92.1 cm³/mol. The van der Waals surface area contributed by atoms with E-state index < -0.39 is 10.7 Å². The lowest BCUT2D eigenvalue weighted by Gasteiger charge is -2.37. The van der Waals surface area contributed by atoms with Crippen molar-refractivity contribution in [1.29, 1.82) is 0 Å². The van der Waals surface area contributed by atoms with Gasteiger partial charge in [0.2, 0.25) is 0 Å². The lowest BCUT2D eigenvalue weighted by molar-refractivity contribution is -0.385. The van der Waals surface area contributed by atoms with Gasteiger partial charge in [0.15, 0.2) is 0 Å². The summed E-state index contributed by atoms with van der Waals surface area (Å²) in [4.78, 5) is 12.9. The molecule has 1 atom stereocenters. The van der Waals surface area contributed by atoms with Crippen LogP contribution < -0.4 is 10.1 Å². The molecule has 7 heteroatoms. The molecule has 0 spiro atoms. The fourth-order valence-electron chi connectivity index (χ4n) is 3.26. The monoisotopic (exact) mass is 345 g/mol. The summed E-state index contributed by atoms with van der Waals surface area (Å²) in [6.07, 6.45) is 0. The van der Waals surface area contributed by atoms with Gasteiger partial charge in [0.05, 0.1) is 18.1 Å². The summed E-state index contributed by atoms with van der Waals surface area (Å²) in [6, 6.07) is 11.3. The molecule has 0 radical (unpaired) electrons. The average molecular weight is 345 g/mol. The van der Waals surface area contributed by atoms with Crippen LogP contribution in [0.1, 0.15) is 17.2 Å². The van der Waals surface area contributed by atoms with E-state index in [1.807, 2.05) is 24.3 Å². The highest BCUT2D eigenvalue weighted by Gasteiger charge is 2.28. The molecular weight excluding hydrogens is 325 g/mol. The fraction of sp³-hybridized carbons (Fsp3) is 0.333. The topological polar surface area (TPSA) is 67.6 Å². The van der Waals surface area contributed by atoms with Crippen LogP contribution in [-0.2, 0) is 6.54 Å². The summed E-state index contributed by atoms with van der Waals surface area (Å²) >= 11 is 0. The number of nitro groups is 1. The molecule has 1 heterocycles. The van der Waals surface area contributed by atoms with Gasteiger partial charge >= 0.3 is 0 Å². The highest BCUT2D eigenvalue weighted by molar-refractivity contribution is 5.41. The maximum Gasteiger partial charge on any atom is 0.274 e. The van der Waals surface area contributed by atoms with Crippen molar-refractivity contribution in [2.45, 2.75) is 12.6 Å². The highest BCUT2D eigenvalue weighted by atomic mass is 19.1. The molecule has 1 fully saturated rings. The third-order valence-electron chi connectivity index (χ3n) is 4.46. The van der Waals surface area contributed by atoms with Crippen molar-refractivity contribution in [2.24, 2.45) is 0 Å². The summed E-state index contributed by atoms with van der Waals surface area (Å²) in [5.41, 5.74) is 1.33. The molecule has 3 rings (SSSR count). The van der Waals surface area contributed by atoms with Crippen molar-refractivity contribution < 1.29 is 14.1 Å². The third kappa shape index (κ3) is 3.78. The first kappa shape index (κ1) is 17.3. The quantitative estimate of drug-likeness (QED) is 0.667. The summed E-state index contributed by atoms with van der Waals surface area (Å²) in [5, 5.41) is 14.6. The van der Waals surface area contributed by atoms with E-state index in [1.165, 1.54) is 12.1 Å². The number of ether oxygens (including phenoxy) is 1. The van der Waals surface area contributed by atoms with Gasteiger partial charge in [-0.2, -0.15) is 0 Å². The molecule has 2 aromatic carbocycles. The van der Waals surface area contributed by atoms with E-state index in [2.05, 4.69) is 10.2 Å². The largest absolute Gasteiger partial charge is 0.496 e. The van der Waals surface area contributed by atoms with Gasteiger partial charge in [-0.25, -0.2) is 4.39 Å². The third-order valence-corrected chi connectivity index (χ3v) is 4.46. The second kappa shape index (κ2) is 7.58. The molecule has 0 aliphatic carbocycles. The van der Waals surface area contributed by atoms with Crippen molar-refractivity contribution in [2.75, 3.05) is 26.7 Å². The summed E-state index contributed by atoms with van der Waals surface area (Å²) in [5.74, 6) is 0.305. The summed E-state index contributed by atoms with van der Waals surface area (Å²) < 4.78 is 19.1. The number of halogens is 1. The number of para-hydroxylation sites is 1. The van der Waals surface area contributed by atoms with Crippen LogP contribution in [0.25, 0.3) is 0 Å². The fourth-order valence-corrected chi connectivity index (χ4v) is 3.26. The van der Waals surface area contributed by atoms with E-state index in [4.69, 9.17) is 4.74 Å². The maximum atomic E-state index is 13.6. The molecule has 0 amide bonds. The van der Waals surface area contributed by atoms with Crippen LogP contribution in [0.5, 0.6) is 5.75 Å². The Balaban J connectivity index is 1.92. The number of nitrogens with one attached hydrogen (secondary N) is 1. The highest BCUT2D eigenvalue weighted by Crippen LogP contribution is 2.32. The zero-order chi connectivity index (χ0) is 17.8. The smallest absolute Gasteiger partial charge is 0.274 e. The van der Waals surface area contributed by atoms with Gasteiger partial charge in [-0.3, -0.25) is 15.0 Å². The summed E-state index contributed by atoms with van der Waals surface area (Å²) in [7, 11) is 1.62. The molecule has 25 heavy (non-hydrogen) atoms. The Bertz CT molecular complexity index is 769. The van der Waals surface area contributed by atoms with E-state index >= 15 is 0 Å². The minimum Gasteiger partial charge on any atom is -0.496 e. The van der Waals surface area contributed by atoms with Crippen molar-refractivity contribution in [3.63, 3.8) is 0 Å². The number of nitrogens with zero attached hydrogens (tertiary/aromatic N) is 2. The number of nitro benzene ring substituents is 1. The average Bonchev–Trinajstić information content (AvgIpc) is 2.62. The van der Waals surface area contributed by atoms with E-state index in [1.54, 1.807) is 7.11 Å². The zero-order valence-electron chi connectivity index (χ0n) is 13.9. The van der Waals surface area contributed by atoms with Gasteiger partial charge < -0.3 is 10.1 Å². The zero-order valence-corrected chi connectivity index (χ0v) is 13.9. The van der Waals surface area contributed by atoms with E-state index in [-0.39, 0.29) is 11.7 Å².